The SMILES string of the molecule is Cc1nnc(S[C@H](C[N+](=O)[O-])c2ccc(OCc3ccccc3)cc2)n1-c1ccccc1. The highest BCUT2D eigenvalue weighted by atomic mass is 32.2. The lowest BCUT2D eigenvalue weighted by Crippen LogP contribution is -2.11. The fourth-order valence-corrected chi connectivity index (χ4v) is 4.46. The Morgan fingerprint density at radius 1 is 0.969 bits per heavy atom. The fraction of sp³-hybridized carbons (Fsp3) is 0.167. The lowest BCUT2D eigenvalue weighted by molar-refractivity contribution is -0.479. The monoisotopic (exact) mass is 446 g/mol. The maximum absolute atomic E-state index is 11.4. The summed E-state index contributed by atoms with van der Waals surface area (Å²) in [5, 5.41) is 20.0. The van der Waals surface area contributed by atoms with Gasteiger partial charge in [0.25, 0.3) is 0 Å². The molecular weight excluding hydrogens is 424 g/mol. The van der Waals surface area contributed by atoms with Gasteiger partial charge in [0.05, 0.1) is 0 Å². The number of aromatic nitrogens is 3. The van der Waals surface area contributed by atoms with Gasteiger partial charge in [-0.3, -0.25) is 14.7 Å². The number of aryl methyl sites for hydroxylation is 1. The van der Waals surface area contributed by atoms with Crippen LogP contribution in [0.4, 0.5) is 0 Å². The summed E-state index contributed by atoms with van der Waals surface area (Å²) in [5.74, 6) is 1.44. The van der Waals surface area contributed by atoms with Crippen LogP contribution < -0.4 is 4.74 Å². The van der Waals surface area contributed by atoms with E-state index in [-0.39, 0.29) is 11.5 Å². The second-order valence-electron chi connectivity index (χ2n) is 7.17. The van der Waals surface area contributed by atoms with Gasteiger partial charge in [-0.1, -0.05) is 72.4 Å². The highest BCUT2D eigenvalue weighted by Gasteiger charge is 2.23. The zero-order valence-electron chi connectivity index (χ0n) is 17.5. The molecule has 3 aromatic carbocycles. The van der Waals surface area contributed by atoms with Crippen LogP contribution in [0.15, 0.2) is 90.1 Å². The Morgan fingerprint density at radius 2 is 1.62 bits per heavy atom. The molecule has 0 fully saturated rings. The third kappa shape index (κ3) is 5.33. The molecule has 0 saturated heterocycles. The van der Waals surface area contributed by atoms with Crippen molar-refractivity contribution in [2.24, 2.45) is 0 Å². The molecule has 0 aliphatic heterocycles. The number of nitrogens with zero attached hydrogens (tertiary/aromatic N) is 4. The lowest BCUT2D eigenvalue weighted by atomic mass is 10.1. The number of benzene rings is 3. The molecule has 0 saturated carbocycles. The second-order valence-corrected chi connectivity index (χ2v) is 8.34. The van der Waals surface area contributed by atoms with Crippen LogP contribution in [0.5, 0.6) is 5.75 Å². The van der Waals surface area contributed by atoms with E-state index in [2.05, 4.69) is 10.2 Å². The van der Waals surface area contributed by atoms with Crippen LogP contribution in [0.25, 0.3) is 5.69 Å². The van der Waals surface area contributed by atoms with Gasteiger partial charge in [-0.2, -0.15) is 0 Å². The Kier molecular flexibility index (Phi) is 6.81. The predicted octanol–water partition coefficient (Wildman–Crippen LogP) is 5.26. The Hall–Kier alpha value is -3.65. The lowest BCUT2D eigenvalue weighted by Gasteiger charge is -2.15. The van der Waals surface area contributed by atoms with Gasteiger partial charge in [-0.25, -0.2) is 0 Å². The van der Waals surface area contributed by atoms with E-state index in [1.165, 1.54) is 11.8 Å². The van der Waals surface area contributed by atoms with Crippen LogP contribution in [0.2, 0.25) is 0 Å². The zero-order chi connectivity index (χ0) is 22.3. The molecule has 8 heteroatoms. The first-order valence-corrected chi connectivity index (χ1v) is 11.0. The van der Waals surface area contributed by atoms with E-state index in [1.54, 1.807) is 0 Å². The van der Waals surface area contributed by atoms with Gasteiger partial charge in [-0.15, -0.1) is 10.2 Å². The van der Waals surface area contributed by atoms with Crippen molar-refractivity contribution in [1.82, 2.24) is 14.8 Å². The van der Waals surface area contributed by atoms with Gasteiger partial charge in [0.15, 0.2) is 5.16 Å². The standard InChI is InChI=1S/C24H22N4O3S/c1-18-25-26-24(28(18)21-10-6-3-7-11-21)32-23(16-27(29)30)20-12-14-22(15-13-20)31-17-19-8-4-2-5-9-19/h2-15,23H,16-17H2,1H3/t23-/m1/s1. The van der Waals surface area contributed by atoms with Crippen molar-refractivity contribution >= 4 is 11.8 Å². The van der Waals surface area contributed by atoms with E-state index in [9.17, 15) is 10.1 Å². The van der Waals surface area contributed by atoms with Crippen molar-refractivity contribution in [3.8, 4) is 11.4 Å². The van der Waals surface area contributed by atoms with Crippen LogP contribution in [-0.2, 0) is 6.61 Å². The van der Waals surface area contributed by atoms with E-state index in [4.69, 9.17) is 4.74 Å². The zero-order valence-corrected chi connectivity index (χ0v) is 18.3. The smallest absolute Gasteiger partial charge is 0.220 e. The summed E-state index contributed by atoms with van der Waals surface area (Å²) in [5.41, 5.74) is 2.83. The summed E-state index contributed by atoms with van der Waals surface area (Å²) >= 11 is 1.34. The average molecular weight is 447 g/mol. The molecule has 4 rings (SSSR count). The van der Waals surface area contributed by atoms with Crippen LogP contribution in [0.3, 0.4) is 0 Å². The molecule has 7 nitrogen and oxygen atoms in total. The van der Waals surface area contributed by atoms with E-state index in [0.717, 1.165) is 22.6 Å². The molecule has 0 amide bonds. The maximum atomic E-state index is 11.4. The number of hydrogen-bond acceptors (Lipinski definition) is 6. The number of rotatable bonds is 9. The molecule has 0 aliphatic rings. The first-order valence-electron chi connectivity index (χ1n) is 10.1. The van der Waals surface area contributed by atoms with E-state index in [1.807, 2.05) is 96.4 Å². The predicted molar refractivity (Wildman–Crippen MR) is 124 cm³/mol. The van der Waals surface area contributed by atoms with Crippen LogP contribution >= 0.6 is 11.8 Å². The largest absolute Gasteiger partial charge is 0.489 e. The summed E-state index contributed by atoms with van der Waals surface area (Å²) in [4.78, 5) is 11.1. The summed E-state index contributed by atoms with van der Waals surface area (Å²) in [6, 6.07) is 27.1. The number of hydrogen-bond donors (Lipinski definition) is 0. The number of ether oxygens (including phenoxy) is 1. The highest BCUT2D eigenvalue weighted by molar-refractivity contribution is 7.99. The van der Waals surface area contributed by atoms with Crippen LogP contribution in [-0.4, -0.2) is 26.2 Å². The number of nitro groups is 1. The minimum atomic E-state index is -0.417. The third-order valence-electron chi connectivity index (χ3n) is 4.87. The molecule has 0 spiro atoms. The Balaban J connectivity index is 1.53. The van der Waals surface area contributed by atoms with E-state index >= 15 is 0 Å². The molecule has 0 bridgehead atoms. The van der Waals surface area contributed by atoms with E-state index < -0.39 is 5.25 Å². The molecule has 162 valence electrons. The summed E-state index contributed by atoms with van der Waals surface area (Å²) in [6.07, 6.45) is 0. The third-order valence-corrected chi connectivity index (χ3v) is 6.05. The maximum Gasteiger partial charge on any atom is 0.220 e. The van der Waals surface area contributed by atoms with Gasteiger partial charge in [0.1, 0.15) is 23.4 Å². The van der Waals surface area contributed by atoms with Crippen molar-refractivity contribution in [2.45, 2.75) is 23.9 Å². The minimum Gasteiger partial charge on any atom is -0.489 e. The quantitative estimate of drug-likeness (QED) is 0.198. The van der Waals surface area contributed by atoms with Crippen LogP contribution in [0.1, 0.15) is 22.2 Å². The second kappa shape index (κ2) is 10.1. The van der Waals surface area contributed by atoms with Gasteiger partial charge in [0.2, 0.25) is 6.54 Å². The van der Waals surface area contributed by atoms with Gasteiger partial charge >= 0.3 is 0 Å². The molecule has 4 aromatic rings. The molecule has 0 unspecified atom stereocenters. The first-order chi connectivity index (χ1) is 15.6. The molecule has 1 heterocycles. The number of para-hydroxylation sites is 1. The Labute approximate surface area is 190 Å². The van der Waals surface area contributed by atoms with Crippen molar-refractivity contribution in [2.75, 3.05) is 6.54 Å². The Morgan fingerprint density at radius 3 is 2.28 bits per heavy atom. The fourth-order valence-electron chi connectivity index (χ4n) is 3.29. The van der Waals surface area contributed by atoms with Crippen molar-refractivity contribution in [3.05, 3.63) is 112 Å². The summed E-state index contributed by atoms with van der Waals surface area (Å²) < 4.78 is 7.75. The van der Waals surface area contributed by atoms with E-state index in [0.29, 0.717) is 17.5 Å². The summed E-state index contributed by atoms with van der Waals surface area (Å²) in [7, 11) is 0. The number of thioether (sulfide) groups is 1. The van der Waals surface area contributed by atoms with Crippen molar-refractivity contribution in [3.63, 3.8) is 0 Å². The molecule has 0 N–H and O–H groups in total. The summed E-state index contributed by atoms with van der Waals surface area (Å²) in [6.45, 7) is 2.10. The van der Waals surface area contributed by atoms with Gasteiger partial charge in [-0.05, 0) is 42.3 Å². The van der Waals surface area contributed by atoms with Crippen molar-refractivity contribution < 1.29 is 9.66 Å². The molecule has 0 aliphatic carbocycles. The van der Waals surface area contributed by atoms with Gasteiger partial charge in [0, 0.05) is 10.6 Å². The topological polar surface area (TPSA) is 83.1 Å². The normalized spacial score (nSPS) is 11.8. The van der Waals surface area contributed by atoms with Crippen LogP contribution in [0, 0.1) is 17.0 Å². The molecule has 0 radical (unpaired) electrons. The molecular formula is C24H22N4O3S. The Bertz CT molecular complexity index is 1170. The van der Waals surface area contributed by atoms with Crippen molar-refractivity contribution in [1.29, 1.82) is 0 Å². The first kappa shape index (κ1) is 21.6. The highest BCUT2D eigenvalue weighted by Crippen LogP contribution is 2.36. The minimum absolute atomic E-state index is 0.227. The molecule has 1 atom stereocenters. The molecule has 32 heavy (non-hydrogen) atoms. The average Bonchev–Trinajstić information content (AvgIpc) is 3.18. The van der Waals surface area contributed by atoms with Gasteiger partial charge < -0.3 is 4.74 Å². The molecule has 1 aromatic heterocycles.